The zero-order valence-electron chi connectivity index (χ0n) is 19.0. The second-order valence-electron chi connectivity index (χ2n) is 7.88. The number of rotatable bonds is 9. The fourth-order valence-corrected chi connectivity index (χ4v) is 4.45. The van der Waals surface area contributed by atoms with Crippen molar-refractivity contribution in [2.45, 2.75) is 18.6 Å². The first-order valence-electron chi connectivity index (χ1n) is 10.7. The molecule has 12 nitrogen and oxygen atoms in total. The summed E-state index contributed by atoms with van der Waals surface area (Å²) >= 11 is 5.36. The highest BCUT2D eigenvalue weighted by molar-refractivity contribution is 14.1. The number of non-ortho nitro benzene ring substituents is 1. The number of alkyl halides is 1. The molecule has 2 unspecified atom stereocenters. The van der Waals surface area contributed by atoms with Crippen LogP contribution < -0.4 is 21.3 Å². The molecule has 2 aromatic rings. The Bertz CT molecular complexity index is 1260. The van der Waals surface area contributed by atoms with Crippen LogP contribution in [0.25, 0.3) is 0 Å². The van der Waals surface area contributed by atoms with Crippen LogP contribution in [-0.4, -0.2) is 59.6 Å². The van der Waals surface area contributed by atoms with E-state index < -0.39 is 41.5 Å². The molecule has 196 valence electrons. The van der Waals surface area contributed by atoms with E-state index in [4.69, 9.17) is 0 Å². The van der Waals surface area contributed by atoms with Gasteiger partial charge >= 0.3 is 5.97 Å². The Morgan fingerprint density at radius 1 is 1.30 bits per heavy atom. The van der Waals surface area contributed by atoms with E-state index in [0.29, 0.717) is 10.0 Å². The van der Waals surface area contributed by atoms with Gasteiger partial charge in [-0.1, -0.05) is 15.9 Å². The Kier molecular flexibility index (Phi) is 9.73. The molecule has 2 aromatic carbocycles. The van der Waals surface area contributed by atoms with E-state index in [1.807, 2.05) is 22.6 Å². The van der Waals surface area contributed by atoms with E-state index in [-0.39, 0.29) is 42.4 Å². The quantitative estimate of drug-likeness (QED) is 0.152. The summed E-state index contributed by atoms with van der Waals surface area (Å²) in [6.45, 7) is -0.559. The molecule has 1 aliphatic rings. The Morgan fingerprint density at radius 3 is 2.70 bits per heavy atom. The monoisotopic (exact) mass is 690 g/mol. The van der Waals surface area contributed by atoms with E-state index in [9.17, 15) is 34.0 Å². The molecule has 0 saturated heterocycles. The van der Waals surface area contributed by atoms with E-state index in [1.165, 1.54) is 12.1 Å². The van der Waals surface area contributed by atoms with Crippen molar-refractivity contribution >= 4 is 73.6 Å². The Balaban J connectivity index is 1.70. The molecule has 2 atom stereocenters. The van der Waals surface area contributed by atoms with Crippen molar-refractivity contribution in [3.63, 3.8) is 0 Å². The molecule has 1 aliphatic heterocycles. The first-order chi connectivity index (χ1) is 17.5. The number of hydrogen-bond donors (Lipinski definition) is 5. The molecule has 3 rings (SSSR count). The van der Waals surface area contributed by atoms with Crippen LogP contribution in [0.2, 0.25) is 0 Å². The molecule has 15 heteroatoms. The maximum Gasteiger partial charge on any atom is 0.305 e. The molecule has 37 heavy (non-hydrogen) atoms. The highest BCUT2D eigenvalue weighted by Gasteiger charge is 2.22. The first kappa shape index (κ1) is 28.2. The van der Waals surface area contributed by atoms with Gasteiger partial charge in [-0.05, 0) is 52.4 Å². The van der Waals surface area contributed by atoms with Gasteiger partial charge in [-0.15, -0.1) is 0 Å². The van der Waals surface area contributed by atoms with Gasteiger partial charge in [-0.3, -0.25) is 24.5 Å². The van der Waals surface area contributed by atoms with Gasteiger partial charge in [-0.25, -0.2) is 9.38 Å². The number of aliphatic imine (C=N–C) groups is 1. The second-order valence-corrected chi connectivity index (χ2v) is 9.96. The lowest BCUT2D eigenvalue weighted by Gasteiger charge is -2.20. The fourth-order valence-electron chi connectivity index (χ4n) is 3.36. The van der Waals surface area contributed by atoms with Crippen LogP contribution in [0.1, 0.15) is 28.4 Å². The van der Waals surface area contributed by atoms with Crippen molar-refractivity contribution in [2.75, 3.05) is 25.0 Å². The number of benzene rings is 2. The van der Waals surface area contributed by atoms with E-state index in [0.717, 1.165) is 9.64 Å². The van der Waals surface area contributed by atoms with Gasteiger partial charge in [0.15, 0.2) is 5.96 Å². The standard InChI is InChI=1S/C22H21BrFIN6O6/c23-12-1-2-17(25)16(5-12)18(7-20(33)34)30-19(32)10-26-21(35)11-3-14(6-15(4-11)31(36)37)29-22-27-8-13(24)9-28-22/h1-6,13,18H,7-10H2,(H,26,35)(H,30,32)(H,33,34)(H2,27,28,29). The molecule has 0 aliphatic carbocycles. The normalized spacial score (nSPS) is 15.5. The van der Waals surface area contributed by atoms with Gasteiger partial charge < -0.3 is 26.4 Å². The van der Waals surface area contributed by atoms with Crippen molar-refractivity contribution in [1.82, 2.24) is 16.0 Å². The molecule has 5 N–H and O–H groups in total. The van der Waals surface area contributed by atoms with Gasteiger partial charge in [0.2, 0.25) is 5.91 Å². The topological polar surface area (TPSA) is 175 Å². The average Bonchev–Trinajstić information content (AvgIpc) is 2.84. The van der Waals surface area contributed by atoms with Gasteiger partial charge in [0.05, 0.1) is 37.0 Å². The fraction of sp³-hybridized carbons (Fsp3) is 0.273. The minimum Gasteiger partial charge on any atom is -0.481 e. The summed E-state index contributed by atoms with van der Waals surface area (Å²) in [6, 6.07) is 7.94. The zero-order valence-corrected chi connectivity index (χ0v) is 22.7. The zero-order chi connectivity index (χ0) is 27.1. The molecular weight excluding hydrogens is 670 g/mol. The average molecular weight is 691 g/mol. The third-order valence-electron chi connectivity index (χ3n) is 5.05. The highest BCUT2D eigenvalue weighted by Crippen LogP contribution is 2.26. The number of carboxylic acid groups (broad SMARTS) is 1. The molecule has 0 fully saturated rings. The van der Waals surface area contributed by atoms with Crippen molar-refractivity contribution in [2.24, 2.45) is 4.99 Å². The molecule has 0 radical (unpaired) electrons. The number of guanidine groups is 1. The predicted octanol–water partition coefficient (Wildman–Crippen LogP) is 2.73. The van der Waals surface area contributed by atoms with Crippen molar-refractivity contribution < 1.29 is 28.8 Å². The van der Waals surface area contributed by atoms with Gasteiger partial charge in [0.25, 0.3) is 11.6 Å². The van der Waals surface area contributed by atoms with E-state index >= 15 is 0 Å². The minimum absolute atomic E-state index is 0.0189. The number of hydrogen-bond acceptors (Lipinski definition) is 8. The number of nitrogens with one attached hydrogen (secondary N) is 4. The Hall–Kier alpha value is -3.34. The number of anilines is 1. The van der Waals surface area contributed by atoms with Crippen molar-refractivity contribution in [1.29, 1.82) is 0 Å². The molecule has 2 amide bonds. The lowest BCUT2D eigenvalue weighted by atomic mass is 10.0. The second kappa shape index (κ2) is 12.8. The number of carbonyl (C=O) groups is 3. The van der Waals surface area contributed by atoms with Crippen LogP contribution in [0.4, 0.5) is 15.8 Å². The third-order valence-corrected chi connectivity index (χ3v) is 6.52. The number of carboxylic acids is 1. The van der Waals surface area contributed by atoms with Crippen LogP contribution in [-0.2, 0) is 9.59 Å². The van der Waals surface area contributed by atoms with Crippen LogP contribution in [0.15, 0.2) is 45.9 Å². The maximum atomic E-state index is 13.3. The van der Waals surface area contributed by atoms with Crippen LogP contribution in [0, 0.1) is 13.7 Å². The van der Waals surface area contributed by atoms with E-state index in [1.54, 1.807) is 18.2 Å². The number of amides is 2. The molecule has 1 heterocycles. The Labute approximate surface area is 231 Å². The third kappa shape index (κ3) is 8.34. The van der Waals surface area contributed by atoms with Gasteiger partial charge in [0, 0.05) is 31.4 Å². The molecule has 0 aromatic heterocycles. The van der Waals surface area contributed by atoms with Gasteiger partial charge in [-0.2, -0.15) is 0 Å². The number of halogens is 3. The minimum atomic E-state index is -1.15. The summed E-state index contributed by atoms with van der Waals surface area (Å²) in [5.74, 6) is -2.34. The number of nitro groups is 1. The Morgan fingerprint density at radius 2 is 2.05 bits per heavy atom. The number of aliphatic carboxylic acids is 1. The summed E-state index contributed by atoms with van der Waals surface area (Å²) in [5.41, 5.74) is 0.265. The highest BCUT2D eigenvalue weighted by atomic mass is 127. The molecule has 0 saturated carbocycles. The predicted molar refractivity (Wildman–Crippen MR) is 144 cm³/mol. The van der Waals surface area contributed by atoms with E-state index in [2.05, 4.69) is 42.2 Å². The SMILES string of the molecule is O=C(O)CC(NC(=O)CNC(=O)c1cc(NC2=NCC(F)CN2)cc([N+](=O)[O-])c1)c1cc(Br)ccc1I. The van der Waals surface area contributed by atoms with Crippen molar-refractivity contribution in [3.8, 4) is 0 Å². The number of nitro benzene ring substituents is 1. The molecular formula is C22H21BrFIN6O6. The molecule has 0 bridgehead atoms. The lowest BCUT2D eigenvalue weighted by Crippen LogP contribution is -2.41. The lowest BCUT2D eigenvalue weighted by molar-refractivity contribution is -0.384. The largest absolute Gasteiger partial charge is 0.481 e. The van der Waals surface area contributed by atoms with Crippen molar-refractivity contribution in [3.05, 3.63) is 65.7 Å². The summed E-state index contributed by atoms with van der Waals surface area (Å²) in [7, 11) is 0. The summed E-state index contributed by atoms with van der Waals surface area (Å²) in [5, 5.41) is 31.1. The van der Waals surface area contributed by atoms with Crippen LogP contribution >= 0.6 is 38.5 Å². The summed E-state index contributed by atoms with van der Waals surface area (Å²) in [4.78, 5) is 51.3. The molecule has 0 spiro atoms. The smallest absolute Gasteiger partial charge is 0.305 e. The first-order valence-corrected chi connectivity index (χ1v) is 12.6. The number of nitrogens with zero attached hydrogens (tertiary/aromatic N) is 2. The maximum absolute atomic E-state index is 13.3. The summed E-state index contributed by atoms with van der Waals surface area (Å²) < 4.78 is 14.7. The number of carbonyl (C=O) groups excluding carboxylic acids is 2. The van der Waals surface area contributed by atoms with Crippen LogP contribution in [0.3, 0.4) is 0 Å². The summed E-state index contributed by atoms with van der Waals surface area (Å²) in [6.07, 6.45) is -1.53. The van der Waals surface area contributed by atoms with Gasteiger partial charge in [0.1, 0.15) is 6.17 Å². The van der Waals surface area contributed by atoms with Crippen LogP contribution in [0.5, 0.6) is 0 Å².